The largest absolute Gasteiger partial charge is 0.431 e. The number of rotatable bonds is 3. The first-order valence-corrected chi connectivity index (χ1v) is 8.91. The van der Waals surface area contributed by atoms with E-state index >= 15 is 0 Å². The molecule has 1 aliphatic carbocycles. The van der Waals surface area contributed by atoms with E-state index in [1.165, 1.54) is 10.0 Å². The second kappa shape index (κ2) is 6.48. The molecule has 1 aromatic carbocycles. The summed E-state index contributed by atoms with van der Waals surface area (Å²) in [6.07, 6.45) is 3.66. The molecule has 0 atom stereocenters. The zero-order valence-electron chi connectivity index (χ0n) is 14.7. The van der Waals surface area contributed by atoms with E-state index < -0.39 is 11.8 Å². The van der Waals surface area contributed by atoms with Gasteiger partial charge in [-0.15, -0.1) is 0 Å². The summed E-state index contributed by atoms with van der Waals surface area (Å²) in [5.41, 5.74) is 0.184. The van der Waals surface area contributed by atoms with Crippen molar-refractivity contribution in [2.24, 2.45) is 0 Å². The van der Waals surface area contributed by atoms with Gasteiger partial charge in [-0.2, -0.15) is 5.01 Å². The highest BCUT2D eigenvalue weighted by Gasteiger charge is 2.55. The molecule has 1 spiro atoms. The molecular weight excluding hydrogens is 334 g/mol. The monoisotopic (exact) mass is 355 g/mol. The molecule has 2 fully saturated rings. The van der Waals surface area contributed by atoms with Gasteiger partial charge in [0.1, 0.15) is 5.76 Å². The van der Waals surface area contributed by atoms with Crippen LogP contribution < -0.4 is 0 Å². The highest BCUT2D eigenvalue weighted by atomic mass is 16.6. The molecule has 0 bridgehead atoms. The summed E-state index contributed by atoms with van der Waals surface area (Å²) < 4.78 is 10.8. The normalized spacial score (nSPS) is 19.0. The molecule has 0 unspecified atom stereocenters. The third-order valence-electron chi connectivity index (χ3n) is 4.96. The third-order valence-corrected chi connectivity index (χ3v) is 4.96. The fourth-order valence-electron chi connectivity index (χ4n) is 3.74. The van der Waals surface area contributed by atoms with E-state index in [2.05, 4.69) is 5.16 Å². The van der Waals surface area contributed by atoms with E-state index in [4.69, 9.17) is 9.26 Å². The molecule has 0 N–H and O–H groups in total. The number of ether oxygens (including phenoxy) is 1. The Morgan fingerprint density at radius 3 is 2.58 bits per heavy atom. The predicted octanol–water partition coefficient (Wildman–Crippen LogP) is 3.65. The average Bonchev–Trinajstić information content (AvgIpc) is 3.18. The van der Waals surface area contributed by atoms with Crippen molar-refractivity contribution in [1.82, 2.24) is 15.2 Å². The molecule has 0 radical (unpaired) electrons. The Morgan fingerprint density at radius 2 is 1.92 bits per heavy atom. The first kappa shape index (κ1) is 16.6. The van der Waals surface area contributed by atoms with Gasteiger partial charge in [-0.1, -0.05) is 41.9 Å². The van der Waals surface area contributed by atoms with E-state index in [1.807, 2.05) is 30.3 Å². The first-order chi connectivity index (χ1) is 12.6. The lowest BCUT2D eigenvalue weighted by molar-refractivity contribution is -0.106. The van der Waals surface area contributed by atoms with Crippen molar-refractivity contribution in [3.8, 4) is 0 Å². The molecule has 1 aliphatic heterocycles. The molecule has 4 rings (SSSR count). The van der Waals surface area contributed by atoms with Crippen LogP contribution in [0.2, 0.25) is 0 Å². The van der Waals surface area contributed by atoms with Crippen LogP contribution >= 0.6 is 0 Å². The molecule has 7 nitrogen and oxygen atoms in total. The molecule has 26 heavy (non-hydrogen) atoms. The molecule has 2 heterocycles. The van der Waals surface area contributed by atoms with Crippen molar-refractivity contribution >= 4 is 12.0 Å². The van der Waals surface area contributed by atoms with Crippen LogP contribution in [0.15, 0.2) is 40.9 Å². The van der Waals surface area contributed by atoms with Gasteiger partial charge in [0.05, 0.1) is 6.54 Å². The van der Waals surface area contributed by atoms with Crippen molar-refractivity contribution in [3.05, 3.63) is 53.4 Å². The number of hydrogen-bond donors (Lipinski definition) is 0. The Kier molecular flexibility index (Phi) is 4.14. The molecule has 1 aromatic heterocycles. The van der Waals surface area contributed by atoms with E-state index in [1.54, 1.807) is 13.0 Å². The number of carbonyl (C=O) groups is 2. The summed E-state index contributed by atoms with van der Waals surface area (Å²) in [5, 5.41) is 6.71. The van der Waals surface area contributed by atoms with Crippen LogP contribution in [0.1, 0.15) is 53.9 Å². The van der Waals surface area contributed by atoms with E-state index in [0.29, 0.717) is 18.6 Å². The molecule has 7 heteroatoms. The highest BCUT2D eigenvalue weighted by Crippen LogP contribution is 2.42. The molecular formula is C19H21N3O4. The quantitative estimate of drug-likeness (QED) is 0.840. The highest BCUT2D eigenvalue weighted by molar-refractivity contribution is 5.94. The fraction of sp³-hybridized carbons (Fsp3) is 0.421. The fourth-order valence-corrected chi connectivity index (χ4v) is 3.74. The Balaban J connectivity index is 1.71. The maximum atomic E-state index is 13.2. The maximum Gasteiger partial charge on any atom is 0.431 e. The standard InChI is InChI=1S/C19H21N3O4/c1-14-12-16(20-26-14)17(23)22-19(10-6-3-7-11-19)25-18(24)21(22)13-15-8-4-2-5-9-15/h2,4-5,8-9,12H,3,6-7,10-11,13H2,1H3. The molecule has 136 valence electrons. The Bertz CT molecular complexity index is 811. The number of hydrazine groups is 1. The predicted molar refractivity (Wildman–Crippen MR) is 91.7 cm³/mol. The van der Waals surface area contributed by atoms with Gasteiger partial charge in [0.25, 0.3) is 5.91 Å². The zero-order chi connectivity index (χ0) is 18.1. The molecule has 1 saturated carbocycles. The number of nitrogens with zero attached hydrogens (tertiary/aromatic N) is 3. The lowest BCUT2D eigenvalue weighted by Crippen LogP contribution is -2.54. The number of carbonyl (C=O) groups excluding carboxylic acids is 2. The maximum absolute atomic E-state index is 13.2. The van der Waals surface area contributed by atoms with Gasteiger partial charge in [-0.3, -0.25) is 4.79 Å². The van der Waals surface area contributed by atoms with Gasteiger partial charge in [-0.25, -0.2) is 9.80 Å². The number of amides is 2. The van der Waals surface area contributed by atoms with Gasteiger partial charge >= 0.3 is 6.09 Å². The van der Waals surface area contributed by atoms with Crippen molar-refractivity contribution in [1.29, 1.82) is 0 Å². The average molecular weight is 355 g/mol. The van der Waals surface area contributed by atoms with Crippen molar-refractivity contribution in [2.45, 2.75) is 51.3 Å². The van der Waals surface area contributed by atoms with Gasteiger partial charge in [-0.05, 0) is 25.3 Å². The summed E-state index contributed by atoms with van der Waals surface area (Å²) >= 11 is 0. The Hall–Kier alpha value is -2.83. The van der Waals surface area contributed by atoms with Crippen molar-refractivity contribution in [3.63, 3.8) is 0 Å². The third kappa shape index (κ3) is 2.83. The van der Waals surface area contributed by atoms with Crippen LogP contribution in [-0.2, 0) is 11.3 Å². The van der Waals surface area contributed by atoms with Crippen LogP contribution in [0, 0.1) is 6.92 Å². The second-order valence-electron chi connectivity index (χ2n) is 6.86. The molecule has 2 aliphatic rings. The van der Waals surface area contributed by atoms with Crippen LogP contribution in [0.25, 0.3) is 0 Å². The minimum absolute atomic E-state index is 0.184. The molecule has 1 saturated heterocycles. The second-order valence-corrected chi connectivity index (χ2v) is 6.86. The summed E-state index contributed by atoms with van der Waals surface area (Å²) in [6.45, 7) is 2.00. The van der Waals surface area contributed by atoms with E-state index in [-0.39, 0.29) is 18.1 Å². The number of aromatic nitrogens is 1. The van der Waals surface area contributed by atoms with Crippen LogP contribution in [0.5, 0.6) is 0 Å². The smallest absolute Gasteiger partial charge is 0.419 e. The topological polar surface area (TPSA) is 75.9 Å². The summed E-state index contributed by atoms with van der Waals surface area (Å²) in [6, 6.07) is 11.1. The Labute approximate surface area is 151 Å². The number of aryl methyl sites for hydroxylation is 1. The van der Waals surface area contributed by atoms with Crippen molar-refractivity contribution in [2.75, 3.05) is 0 Å². The van der Waals surface area contributed by atoms with Crippen LogP contribution in [0.4, 0.5) is 4.79 Å². The number of hydrogen-bond acceptors (Lipinski definition) is 5. The van der Waals surface area contributed by atoms with E-state index in [0.717, 1.165) is 24.8 Å². The minimum atomic E-state index is -0.923. The van der Waals surface area contributed by atoms with Crippen LogP contribution in [-0.4, -0.2) is 32.9 Å². The van der Waals surface area contributed by atoms with E-state index in [9.17, 15) is 9.59 Å². The summed E-state index contributed by atoms with van der Waals surface area (Å²) in [5.74, 6) is 0.178. The SMILES string of the molecule is Cc1cc(C(=O)N2N(Cc3ccccc3)C(=O)OC23CCCCC3)no1. The minimum Gasteiger partial charge on any atom is -0.419 e. The van der Waals surface area contributed by atoms with Crippen molar-refractivity contribution < 1.29 is 18.8 Å². The molecule has 2 amide bonds. The molecule has 2 aromatic rings. The first-order valence-electron chi connectivity index (χ1n) is 8.91. The lowest BCUT2D eigenvalue weighted by atomic mass is 9.91. The summed E-state index contributed by atoms with van der Waals surface area (Å²) in [7, 11) is 0. The van der Waals surface area contributed by atoms with Gasteiger partial charge in [0.15, 0.2) is 5.69 Å². The lowest BCUT2D eigenvalue weighted by Gasteiger charge is -2.39. The number of benzene rings is 1. The van der Waals surface area contributed by atoms with Gasteiger partial charge < -0.3 is 9.26 Å². The van der Waals surface area contributed by atoms with Gasteiger partial charge in [0.2, 0.25) is 5.72 Å². The summed E-state index contributed by atoms with van der Waals surface area (Å²) in [4.78, 5) is 25.9. The zero-order valence-corrected chi connectivity index (χ0v) is 14.7. The van der Waals surface area contributed by atoms with Crippen LogP contribution in [0.3, 0.4) is 0 Å². The Morgan fingerprint density at radius 1 is 1.19 bits per heavy atom. The van der Waals surface area contributed by atoms with Gasteiger partial charge in [0, 0.05) is 18.9 Å².